The Hall–Kier alpha value is 3.16. The summed E-state index contributed by atoms with van der Waals surface area (Å²) in [6, 6.07) is 0. The normalized spacial score (nSPS) is 0. The minimum absolute atomic E-state index is 0. The van der Waals surface area contributed by atoms with E-state index < -0.39 is 0 Å². The van der Waals surface area contributed by atoms with Gasteiger partial charge in [-0.25, -0.2) is 0 Å². The number of hydrogen-bond acceptors (Lipinski definition) is 0. The van der Waals surface area contributed by atoms with Gasteiger partial charge in [0, 0.05) is 71.0 Å². The summed E-state index contributed by atoms with van der Waals surface area (Å²) in [4.78, 5) is 0. The van der Waals surface area contributed by atoms with Crippen molar-refractivity contribution in [1.29, 1.82) is 0 Å². The van der Waals surface area contributed by atoms with Crippen molar-refractivity contribution in [3.05, 3.63) is 0 Å². The largest absolute Gasteiger partial charge is 0 e. The zero-order valence-corrected chi connectivity index (χ0v) is 12.8. The maximum Gasteiger partial charge on any atom is 0 e. The first-order valence-electron chi connectivity index (χ1n) is 0. The van der Waals surface area contributed by atoms with Crippen molar-refractivity contribution >= 4 is 23.9 Å². The SMILES string of the molecule is [Au].[Nb].[SnH2].[Zr]. The van der Waals surface area contributed by atoms with Gasteiger partial charge in [0.25, 0.3) is 0 Å². The maximum atomic E-state index is 0. The van der Waals surface area contributed by atoms with E-state index in [0.29, 0.717) is 0 Å². The van der Waals surface area contributed by atoms with Crippen LogP contribution in [0.1, 0.15) is 0 Å². The molecular formula is H2AuNbSnZr. The summed E-state index contributed by atoms with van der Waals surface area (Å²) < 4.78 is 0. The molecule has 26 valence electrons. The summed E-state index contributed by atoms with van der Waals surface area (Å²) in [6.07, 6.45) is 0. The summed E-state index contributed by atoms with van der Waals surface area (Å²) in [5.41, 5.74) is 0. The van der Waals surface area contributed by atoms with E-state index in [0.717, 1.165) is 0 Å². The molecule has 0 nitrogen and oxygen atoms in total. The molecule has 0 amide bonds. The van der Waals surface area contributed by atoms with E-state index in [1.54, 1.807) is 0 Å². The fourth-order valence-electron chi connectivity index (χ4n) is 0. The molecule has 0 rings (SSSR count). The molecule has 4 heteroatoms. The zero-order chi connectivity index (χ0) is 0. The first-order valence-corrected chi connectivity index (χ1v) is 0. The van der Waals surface area contributed by atoms with Crippen LogP contribution in [0.5, 0.6) is 0 Å². The molecule has 0 saturated carbocycles. The molecule has 0 unspecified atom stereocenters. The topological polar surface area (TPSA) is 0 Å². The van der Waals surface area contributed by atoms with Gasteiger partial charge in [-0.2, -0.15) is 0 Å². The van der Waals surface area contributed by atoms with Gasteiger partial charge in [-0.05, 0) is 0 Å². The van der Waals surface area contributed by atoms with Crippen molar-refractivity contribution in [3.63, 3.8) is 0 Å². The Morgan fingerprint density at radius 2 is 1.00 bits per heavy atom. The van der Waals surface area contributed by atoms with Gasteiger partial charge in [0.2, 0.25) is 0 Å². The fourth-order valence-corrected chi connectivity index (χ4v) is 0. The minimum atomic E-state index is 0. The first-order chi connectivity index (χ1) is 0. The van der Waals surface area contributed by atoms with Crippen LogP contribution in [0.2, 0.25) is 0 Å². The molecule has 0 heterocycles. The third kappa shape index (κ3) is 8.94. The van der Waals surface area contributed by atoms with Crippen molar-refractivity contribution in [2.45, 2.75) is 0 Å². The van der Waals surface area contributed by atoms with Crippen molar-refractivity contribution in [1.82, 2.24) is 0 Å². The van der Waals surface area contributed by atoms with Crippen LogP contribution in [-0.4, -0.2) is 23.9 Å². The number of rotatable bonds is 0. The quantitative estimate of drug-likeness (QED) is 0.377. The zero-order valence-electron chi connectivity index (χ0n) is 1.96. The number of hydrogen-bond donors (Lipinski definition) is 0. The molecule has 0 aliphatic heterocycles. The summed E-state index contributed by atoms with van der Waals surface area (Å²) >= 11 is 0. The van der Waals surface area contributed by atoms with Gasteiger partial charge in [0.15, 0.2) is 0 Å². The smallest absolute Gasteiger partial charge is 0 e. The summed E-state index contributed by atoms with van der Waals surface area (Å²) in [6.45, 7) is 0. The van der Waals surface area contributed by atoms with Gasteiger partial charge in [0.05, 0.1) is 0 Å². The van der Waals surface area contributed by atoms with E-state index in [2.05, 4.69) is 0 Å². The Morgan fingerprint density at radius 1 is 1.00 bits per heavy atom. The maximum absolute atomic E-state index is 0. The van der Waals surface area contributed by atoms with Crippen LogP contribution in [0.25, 0.3) is 0 Å². The van der Waals surface area contributed by atoms with Gasteiger partial charge in [0.1, 0.15) is 0 Å². The molecule has 0 fully saturated rings. The average Bonchev–Trinajstić information content (AvgIpc) is 0. The second-order valence-corrected chi connectivity index (χ2v) is 0. The molecule has 0 aromatic rings. The van der Waals surface area contributed by atoms with Gasteiger partial charge >= 0.3 is 23.9 Å². The fraction of sp³-hybridized carbons (Fsp3) is 0. The Balaban J connectivity index is 0. The van der Waals surface area contributed by atoms with Crippen molar-refractivity contribution in [3.8, 4) is 0 Å². The summed E-state index contributed by atoms with van der Waals surface area (Å²) in [7, 11) is 0. The van der Waals surface area contributed by atoms with E-state index in [-0.39, 0.29) is 94.9 Å². The van der Waals surface area contributed by atoms with E-state index in [9.17, 15) is 0 Å². The van der Waals surface area contributed by atoms with E-state index in [1.165, 1.54) is 0 Å². The van der Waals surface area contributed by atoms with E-state index >= 15 is 0 Å². The van der Waals surface area contributed by atoms with Gasteiger partial charge in [-0.15, -0.1) is 0 Å². The Bertz CT molecular complexity index is 8.00. The predicted molar refractivity (Wildman–Crippen MR) is 8.54 cm³/mol. The van der Waals surface area contributed by atoms with Crippen molar-refractivity contribution in [2.75, 3.05) is 0 Å². The second-order valence-electron chi connectivity index (χ2n) is 0. The average molecular weight is 502 g/mol. The van der Waals surface area contributed by atoms with E-state index in [4.69, 9.17) is 0 Å². The van der Waals surface area contributed by atoms with Crippen molar-refractivity contribution in [2.24, 2.45) is 0 Å². The molecule has 0 aliphatic carbocycles. The van der Waals surface area contributed by atoms with Crippen LogP contribution < -0.4 is 0 Å². The monoisotopic (exact) mass is 502 g/mol. The Morgan fingerprint density at radius 3 is 1.00 bits per heavy atom. The van der Waals surface area contributed by atoms with Crippen LogP contribution in [0.15, 0.2) is 0 Å². The molecule has 0 saturated heterocycles. The van der Waals surface area contributed by atoms with Crippen LogP contribution in [0, 0.1) is 0 Å². The molecule has 0 N–H and O–H groups in total. The molecule has 0 spiro atoms. The molecule has 4 radical (unpaired) electrons. The predicted octanol–water partition coefficient (Wildman–Crippen LogP) is -0.924. The third-order valence-electron chi connectivity index (χ3n) is 0. The van der Waals surface area contributed by atoms with Crippen LogP contribution in [0.3, 0.4) is 0 Å². The molecule has 4 heavy (non-hydrogen) atoms. The molecule has 0 bridgehead atoms. The van der Waals surface area contributed by atoms with Gasteiger partial charge in [-0.3, -0.25) is 0 Å². The first kappa shape index (κ1) is 27.2. The van der Waals surface area contributed by atoms with Crippen molar-refractivity contribution < 1.29 is 71.0 Å². The Labute approximate surface area is 93.0 Å². The Kier molecular flexibility index (Phi) is 112. The molecular weight excluding hydrogens is 500 g/mol. The molecule has 0 aromatic heterocycles. The standard InChI is InChI=1S/Au.Nb.Sn.Zr.2H. The van der Waals surface area contributed by atoms with Gasteiger partial charge < -0.3 is 0 Å². The van der Waals surface area contributed by atoms with Gasteiger partial charge in [-0.1, -0.05) is 0 Å². The third-order valence-corrected chi connectivity index (χ3v) is 0. The van der Waals surface area contributed by atoms with Crippen LogP contribution >= 0.6 is 0 Å². The van der Waals surface area contributed by atoms with E-state index in [1.807, 2.05) is 0 Å². The molecule has 0 aromatic carbocycles. The second kappa shape index (κ2) is 16.4. The molecule has 0 atom stereocenters. The minimum Gasteiger partial charge on any atom is 0 e. The summed E-state index contributed by atoms with van der Waals surface area (Å²) in [5.74, 6) is 0. The van der Waals surface area contributed by atoms with Crippen LogP contribution in [-0.2, 0) is 71.0 Å². The molecule has 0 aliphatic rings. The summed E-state index contributed by atoms with van der Waals surface area (Å²) in [5, 5.41) is 0. The van der Waals surface area contributed by atoms with Crippen LogP contribution in [0.4, 0.5) is 0 Å².